The summed E-state index contributed by atoms with van der Waals surface area (Å²) in [5.41, 5.74) is 3.21. The second-order valence-corrected chi connectivity index (χ2v) is 6.02. The average Bonchev–Trinajstić information content (AvgIpc) is 2.42. The maximum Gasteiger partial charge on any atom is 0.0333 e. The Hall–Kier alpha value is -0.860. The van der Waals surface area contributed by atoms with E-state index in [-0.39, 0.29) is 0 Å². The summed E-state index contributed by atoms with van der Waals surface area (Å²) in [6.45, 7) is 12.5. The summed E-state index contributed by atoms with van der Waals surface area (Å²) in [4.78, 5) is 2.70. The Bertz CT molecular complexity index is 409. The van der Waals surface area contributed by atoms with Gasteiger partial charge in [-0.1, -0.05) is 38.1 Å². The zero-order valence-electron chi connectivity index (χ0n) is 12.9. The number of nitrogens with one attached hydrogen (secondary N) is 1. The molecule has 106 valence electrons. The SMILES string of the molecule is CCC1(CC)CNC(C)CN1Cc1ccccc1C. The van der Waals surface area contributed by atoms with E-state index in [2.05, 4.69) is 62.2 Å². The maximum absolute atomic E-state index is 3.66. The molecule has 1 atom stereocenters. The number of aryl methyl sites for hydroxylation is 1. The van der Waals surface area contributed by atoms with Crippen LogP contribution in [-0.4, -0.2) is 29.6 Å². The van der Waals surface area contributed by atoms with Gasteiger partial charge in [-0.3, -0.25) is 4.90 Å². The molecule has 0 saturated carbocycles. The third kappa shape index (κ3) is 3.01. The zero-order chi connectivity index (χ0) is 13.9. The van der Waals surface area contributed by atoms with E-state index >= 15 is 0 Å². The lowest BCUT2D eigenvalue weighted by Gasteiger charge is -2.49. The highest BCUT2D eigenvalue weighted by molar-refractivity contribution is 5.25. The molecule has 0 aromatic heterocycles. The van der Waals surface area contributed by atoms with Gasteiger partial charge in [0, 0.05) is 31.2 Å². The quantitative estimate of drug-likeness (QED) is 0.893. The van der Waals surface area contributed by atoms with E-state index in [0.29, 0.717) is 11.6 Å². The number of hydrogen-bond donors (Lipinski definition) is 1. The Morgan fingerprint density at radius 1 is 1.26 bits per heavy atom. The molecule has 1 aliphatic heterocycles. The van der Waals surface area contributed by atoms with Gasteiger partial charge >= 0.3 is 0 Å². The van der Waals surface area contributed by atoms with Crippen LogP contribution in [0.1, 0.15) is 44.7 Å². The van der Waals surface area contributed by atoms with Crippen molar-refractivity contribution >= 4 is 0 Å². The zero-order valence-corrected chi connectivity index (χ0v) is 12.9. The third-order valence-electron chi connectivity index (χ3n) is 4.88. The van der Waals surface area contributed by atoms with Gasteiger partial charge in [-0.2, -0.15) is 0 Å². The van der Waals surface area contributed by atoms with Crippen molar-refractivity contribution in [2.24, 2.45) is 0 Å². The molecule has 2 heteroatoms. The summed E-state index contributed by atoms with van der Waals surface area (Å²) in [6, 6.07) is 9.38. The fourth-order valence-electron chi connectivity index (χ4n) is 3.24. The average molecular weight is 260 g/mol. The largest absolute Gasteiger partial charge is 0.311 e. The second-order valence-electron chi connectivity index (χ2n) is 6.02. The molecule has 1 heterocycles. The molecule has 19 heavy (non-hydrogen) atoms. The van der Waals surface area contributed by atoms with Crippen molar-refractivity contribution in [2.45, 2.75) is 58.7 Å². The van der Waals surface area contributed by atoms with E-state index in [1.54, 1.807) is 0 Å². The van der Waals surface area contributed by atoms with Gasteiger partial charge in [-0.15, -0.1) is 0 Å². The maximum atomic E-state index is 3.66. The lowest BCUT2D eigenvalue weighted by atomic mass is 9.86. The van der Waals surface area contributed by atoms with Crippen LogP contribution in [0.5, 0.6) is 0 Å². The summed E-state index contributed by atoms with van der Waals surface area (Å²) >= 11 is 0. The van der Waals surface area contributed by atoms with E-state index in [1.807, 2.05) is 0 Å². The van der Waals surface area contributed by atoms with Gasteiger partial charge in [0.15, 0.2) is 0 Å². The van der Waals surface area contributed by atoms with Crippen LogP contribution < -0.4 is 5.32 Å². The Labute approximate surface area is 118 Å². The summed E-state index contributed by atoms with van der Waals surface area (Å²) in [5, 5.41) is 3.66. The molecule has 2 rings (SSSR count). The fraction of sp³-hybridized carbons (Fsp3) is 0.647. The monoisotopic (exact) mass is 260 g/mol. The van der Waals surface area contributed by atoms with Gasteiger partial charge < -0.3 is 5.32 Å². The molecule has 1 fully saturated rings. The molecule has 0 spiro atoms. The molecule has 1 aliphatic rings. The summed E-state index contributed by atoms with van der Waals surface area (Å²) in [7, 11) is 0. The molecule has 1 N–H and O–H groups in total. The first-order chi connectivity index (χ1) is 9.11. The third-order valence-corrected chi connectivity index (χ3v) is 4.88. The van der Waals surface area contributed by atoms with Crippen LogP contribution in [0.25, 0.3) is 0 Å². The van der Waals surface area contributed by atoms with Crippen molar-refractivity contribution in [3.8, 4) is 0 Å². The van der Waals surface area contributed by atoms with Crippen LogP contribution >= 0.6 is 0 Å². The van der Waals surface area contributed by atoms with Crippen LogP contribution in [-0.2, 0) is 6.54 Å². The molecule has 0 amide bonds. The number of hydrogen-bond acceptors (Lipinski definition) is 2. The summed E-state index contributed by atoms with van der Waals surface area (Å²) in [5.74, 6) is 0. The first-order valence-corrected chi connectivity index (χ1v) is 7.64. The first kappa shape index (κ1) is 14.5. The van der Waals surface area contributed by atoms with Gasteiger partial charge in [-0.05, 0) is 37.8 Å². The van der Waals surface area contributed by atoms with E-state index in [0.717, 1.165) is 19.6 Å². The molecule has 1 aromatic carbocycles. The van der Waals surface area contributed by atoms with Crippen LogP contribution in [0.15, 0.2) is 24.3 Å². The highest BCUT2D eigenvalue weighted by Gasteiger charge is 2.37. The minimum Gasteiger partial charge on any atom is -0.311 e. The van der Waals surface area contributed by atoms with Crippen LogP contribution in [0.3, 0.4) is 0 Å². The molecular weight excluding hydrogens is 232 g/mol. The van der Waals surface area contributed by atoms with Crippen molar-refractivity contribution in [3.63, 3.8) is 0 Å². The minimum absolute atomic E-state index is 0.328. The number of piperazine rings is 1. The second kappa shape index (κ2) is 6.06. The Morgan fingerprint density at radius 3 is 2.58 bits per heavy atom. The summed E-state index contributed by atoms with van der Waals surface area (Å²) < 4.78 is 0. The van der Waals surface area contributed by atoms with Crippen molar-refractivity contribution in [1.29, 1.82) is 0 Å². The molecule has 1 aromatic rings. The Morgan fingerprint density at radius 2 is 1.95 bits per heavy atom. The standard InChI is InChI=1S/C17H28N2/c1-5-17(6-2)13-18-15(4)11-19(17)12-16-10-8-7-9-14(16)3/h7-10,15,18H,5-6,11-13H2,1-4H3. The normalized spacial score (nSPS) is 23.5. The number of nitrogens with zero attached hydrogens (tertiary/aromatic N) is 1. The van der Waals surface area contributed by atoms with Crippen LogP contribution in [0, 0.1) is 6.92 Å². The topological polar surface area (TPSA) is 15.3 Å². The Balaban J connectivity index is 2.21. The fourth-order valence-corrected chi connectivity index (χ4v) is 3.24. The molecule has 1 saturated heterocycles. The molecule has 0 aliphatic carbocycles. The minimum atomic E-state index is 0.328. The van der Waals surface area contributed by atoms with Crippen molar-refractivity contribution in [3.05, 3.63) is 35.4 Å². The van der Waals surface area contributed by atoms with Gasteiger partial charge in [0.2, 0.25) is 0 Å². The number of benzene rings is 1. The van der Waals surface area contributed by atoms with Gasteiger partial charge in [0.25, 0.3) is 0 Å². The molecule has 0 bridgehead atoms. The highest BCUT2D eigenvalue weighted by Crippen LogP contribution is 2.29. The van der Waals surface area contributed by atoms with E-state index in [1.165, 1.54) is 24.0 Å². The van der Waals surface area contributed by atoms with Gasteiger partial charge in [0.05, 0.1) is 0 Å². The van der Waals surface area contributed by atoms with Crippen LogP contribution in [0.4, 0.5) is 0 Å². The molecule has 2 nitrogen and oxygen atoms in total. The van der Waals surface area contributed by atoms with E-state index in [4.69, 9.17) is 0 Å². The smallest absolute Gasteiger partial charge is 0.0333 e. The van der Waals surface area contributed by atoms with Crippen LogP contribution in [0.2, 0.25) is 0 Å². The van der Waals surface area contributed by atoms with Crippen molar-refractivity contribution in [1.82, 2.24) is 10.2 Å². The summed E-state index contributed by atoms with van der Waals surface area (Å²) in [6.07, 6.45) is 2.43. The number of rotatable bonds is 4. The predicted molar refractivity (Wildman–Crippen MR) is 82.4 cm³/mol. The lowest BCUT2D eigenvalue weighted by Crippen LogP contribution is -2.63. The molecule has 1 unspecified atom stereocenters. The molecular formula is C17H28N2. The van der Waals surface area contributed by atoms with Crippen molar-refractivity contribution in [2.75, 3.05) is 13.1 Å². The first-order valence-electron chi connectivity index (χ1n) is 7.64. The van der Waals surface area contributed by atoms with Gasteiger partial charge in [-0.25, -0.2) is 0 Å². The van der Waals surface area contributed by atoms with Crippen molar-refractivity contribution < 1.29 is 0 Å². The highest BCUT2D eigenvalue weighted by atomic mass is 15.3. The van der Waals surface area contributed by atoms with E-state index in [9.17, 15) is 0 Å². The van der Waals surface area contributed by atoms with E-state index < -0.39 is 0 Å². The lowest BCUT2D eigenvalue weighted by molar-refractivity contribution is 0.0277. The van der Waals surface area contributed by atoms with Gasteiger partial charge in [0.1, 0.15) is 0 Å². The molecule has 0 radical (unpaired) electrons. The Kier molecular flexibility index (Phi) is 4.64. The predicted octanol–water partition coefficient (Wildman–Crippen LogP) is 3.35.